The van der Waals surface area contributed by atoms with Gasteiger partial charge in [0.05, 0.1) is 18.9 Å². The summed E-state index contributed by atoms with van der Waals surface area (Å²) in [5.74, 6) is 0.875. The highest BCUT2D eigenvalue weighted by molar-refractivity contribution is 6.30. The zero-order valence-corrected chi connectivity index (χ0v) is 19.8. The molecule has 0 spiro atoms. The van der Waals surface area contributed by atoms with Gasteiger partial charge in [0, 0.05) is 37.0 Å². The fraction of sp³-hybridized carbons (Fsp3) is 0.320. The van der Waals surface area contributed by atoms with Crippen LogP contribution in [0.5, 0.6) is 5.75 Å². The molecule has 7 nitrogen and oxygen atoms in total. The quantitative estimate of drug-likeness (QED) is 0.377. The van der Waals surface area contributed by atoms with Crippen LogP contribution in [-0.4, -0.2) is 49.4 Å². The van der Waals surface area contributed by atoms with E-state index in [2.05, 4.69) is 9.88 Å². The molecule has 1 heterocycles. The summed E-state index contributed by atoms with van der Waals surface area (Å²) in [5.41, 5.74) is 3.78. The van der Waals surface area contributed by atoms with Crippen LogP contribution < -0.4 is 9.64 Å². The number of aryl methyl sites for hydroxylation is 1. The molecule has 0 N–H and O–H groups in total. The van der Waals surface area contributed by atoms with Crippen molar-refractivity contribution in [3.05, 3.63) is 70.9 Å². The molecule has 174 valence electrons. The third kappa shape index (κ3) is 7.17. The molecule has 0 saturated carbocycles. The number of rotatable bonds is 11. The van der Waals surface area contributed by atoms with Crippen molar-refractivity contribution in [3.63, 3.8) is 0 Å². The summed E-state index contributed by atoms with van der Waals surface area (Å²) in [6, 6.07) is 15.3. The highest BCUT2D eigenvalue weighted by atomic mass is 35.5. The van der Waals surface area contributed by atoms with Crippen LogP contribution in [-0.2, 0) is 20.8 Å². The predicted octanol–water partition coefficient (Wildman–Crippen LogP) is 4.70. The second kappa shape index (κ2) is 12.2. The van der Waals surface area contributed by atoms with E-state index in [9.17, 15) is 4.79 Å². The van der Waals surface area contributed by atoms with Crippen LogP contribution in [0, 0.1) is 6.92 Å². The predicted molar refractivity (Wildman–Crippen MR) is 129 cm³/mol. The molecule has 0 saturated heterocycles. The second-order valence-corrected chi connectivity index (χ2v) is 7.79. The molecule has 0 bridgehead atoms. The molecule has 0 unspecified atom stereocenters. The molecule has 33 heavy (non-hydrogen) atoms. The lowest BCUT2D eigenvalue weighted by Crippen LogP contribution is -2.28. The molecule has 0 atom stereocenters. The van der Waals surface area contributed by atoms with E-state index < -0.39 is 0 Å². The molecular weight excluding hydrogens is 442 g/mol. The summed E-state index contributed by atoms with van der Waals surface area (Å²) < 4.78 is 15.8. The summed E-state index contributed by atoms with van der Waals surface area (Å²) in [7, 11) is 1.67. The lowest BCUT2D eigenvalue weighted by Gasteiger charge is -2.23. The van der Waals surface area contributed by atoms with E-state index >= 15 is 0 Å². The number of aromatic nitrogens is 2. The Hall–Kier alpha value is -3.16. The van der Waals surface area contributed by atoms with Crippen molar-refractivity contribution in [2.45, 2.75) is 20.4 Å². The smallest absolute Gasteiger partial charge is 0.344 e. The molecule has 3 aromatic rings. The Bertz CT molecular complexity index is 1060. The van der Waals surface area contributed by atoms with E-state index in [0.29, 0.717) is 43.0 Å². The third-order valence-corrected chi connectivity index (χ3v) is 5.15. The van der Waals surface area contributed by atoms with Gasteiger partial charge in [-0.1, -0.05) is 35.9 Å². The number of nitrogens with zero attached hydrogens (tertiary/aromatic N) is 3. The number of hydrogen-bond acceptors (Lipinski definition) is 7. The van der Waals surface area contributed by atoms with E-state index in [1.807, 2.05) is 55.5 Å². The average molecular weight is 470 g/mol. The molecule has 0 aliphatic rings. The van der Waals surface area contributed by atoms with Crippen LogP contribution >= 0.6 is 11.6 Å². The van der Waals surface area contributed by atoms with E-state index in [1.54, 1.807) is 20.2 Å². The number of benzene rings is 2. The van der Waals surface area contributed by atoms with Gasteiger partial charge in [0.15, 0.2) is 6.61 Å². The molecule has 0 aliphatic carbocycles. The van der Waals surface area contributed by atoms with Gasteiger partial charge in [-0.15, -0.1) is 0 Å². The third-order valence-electron chi connectivity index (χ3n) is 4.89. The van der Waals surface area contributed by atoms with E-state index in [0.717, 1.165) is 22.4 Å². The molecule has 0 fully saturated rings. The normalized spacial score (nSPS) is 10.7. The largest absolute Gasteiger partial charge is 0.482 e. The van der Waals surface area contributed by atoms with Crippen molar-refractivity contribution in [1.29, 1.82) is 0 Å². The van der Waals surface area contributed by atoms with Gasteiger partial charge in [-0.3, -0.25) is 0 Å². The Labute approximate surface area is 199 Å². The zero-order valence-electron chi connectivity index (χ0n) is 19.1. The van der Waals surface area contributed by atoms with Gasteiger partial charge in [0.1, 0.15) is 5.75 Å². The topological polar surface area (TPSA) is 73.8 Å². The first-order chi connectivity index (χ1) is 16.0. The average Bonchev–Trinajstić information content (AvgIpc) is 2.82. The Morgan fingerprint density at radius 1 is 1.12 bits per heavy atom. The second-order valence-electron chi connectivity index (χ2n) is 7.36. The molecular formula is C25H28ClN3O4. The lowest BCUT2D eigenvalue weighted by atomic mass is 10.1. The number of carbonyl (C=O) groups excluding carboxylic acids is 1. The molecule has 0 amide bonds. The number of anilines is 1. The number of halogens is 1. The lowest BCUT2D eigenvalue weighted by molar-refractivity contribution is -0.145. The number of methoxy groups -OCH3 is 1. The van der Waals surface area contributed by atoms with Crippen molar-refractivity contribution in [1.82, 2.24) is 9.97 Å². The first kappa shape index (κ1) is 24.5. The summed E-state index contributed by atoms with van der Waals surface area (Å²) in [5, 5.41) is 0.680. The van der Waals surface area contributed by atoms with Gasteiger partial charge in [0.2, 0.25) is 5.95 Å². The fourth-order valence-corrected chi connectivity index (χ4v) is 3.39. The van der Waals surface area contributed by atoms with Crippen molar-refractivity contribution in [3.8, 4) is 17.0 Å². The van der Waals surface area contributed by atoms with Gasteiger partial charge in [-0.2, -0.15) is 0 Å². The van der Waals surface area contributed by atoms with Crippen LogP contribution in [0.1, 0.15) is 18.1 Å². The first-order valence-corrected chi connectivity index (χ1v) is 11.1. The molecule has 2 aromatic carbocycles. The van der Waals surface area contributed by atoms with E-state index in [1.165, 1.54) is 0 Å². The number of hydrogen-bond donors (Lipinski definition) is 0. The summed E-state index contributed by atoms with van der Waals surface area (Å²) in [4.78, 5) is 22.9. The Kier molecular flexibility index (Phi) is 9.04. The molecule has 0 radical (unpaired) electrons. The monoisotopic (exact) mass is 469 g/mol. The molecule has 8 heteroatoms. The Balaban J connectivity index is 1.77. The first-order valence-electron chi connectivity index (χ1n) is 10.7. The number of esters is 1. The van der Waals surface area contributed by atoms with Gasteiger partial charge >= 0.3 is 5.97 Å². The highest BCUT2D eigenvalue weighted by Gasteiger charge is 2.13. The van der Waals surface area contributed by atoms with Crippen LogP contribution in [0.4, 0.5) is 5.95 Å². The minimum atomic E-state index is -0.385. The SMILES string of the molecule is CCOC(=O)COc1ccc(CN(CCOC)c2nccc(-c3ccc(Cl)cc3)n2)cc1C. The van der Waals surface area contributed by atoms with Crippen LogP contribution in [0.15, 0.2) is 54.7 Å². The van der Waals surface area contributed by atoms with Crippen molar-refractivity contribution in [2.24, 2.45) is 0 Å². The van der Waals surface area contributed by atoms with E-state index in [-0.39, 0.29) is 12.6 Å². The number of ether oxygens (including phenoxy) is 3. The minimum Gasteiger partial charge on any atom is -0.482 e. The fourth-order valence-electron chi connectivity index (χ4n) is 3.26. The molecule has 3 rings (SSSR count). The van der Waals surface area contributed by atoms with Gasteiger partial charge in [-0.25, -0.2) is 14.8 Å². The molecule has 0 aliphatic heterocycles. The minimum absolute atomic E-state index is 0.112. The summed E-state index contributed by atoms with van der Waals surface area (Å²) >= 11 is 6.01. The molecule has 1 aromatic heterocycles. The highest BCUT2D eigenvalue weighted by Crippen LogP contribution is 2.24. The van der Waals surface area contributed by atoms with Crippen LogP contribution in [0.3, 0.4) is 0 Å². The summed E-state index contributed by atoms with van der Waals surface area (Å²) in [6.07, 6.45) is 1.75. The van der Waals surface area contributed by atoms with Crippen LogP contribution in [0.25, 0.3) is 11.3 Å². The standard InChI is InChI=1S/C25H28ClN3O4/c1-4-32-24(30)17-33-23-10-5-19(15-18(23)2)16-29(13-14-31-3)25-27-12-11-22(28-25)20-6-8-21(26)9-7-20/h5-12,15H,4,13-14,16-17H2,1-3H3. The zero-order chi connectivity index (χ0) is 23.6. The maximum absolute atomic E-state index is 11.6. The van der Waals surface area contributed by atoms with Crippen LogP contribution in [0.2, 0.25) is 5.02 Å². The van der Waals surface area contributed by atoms with E-state index in [4.69, 9.17) is 30.8 Å². The van der Waals surface area contributed by atoms with Gasteiger partial charge in [0.25, 0.3) is 0 Å². The van der Waals surface area contributed by atoms with Gasteiger partial charge in [-0.05, 0) is 49.2 Å². The van der Waals surface area contributed by atoms with Gasteiger partial charge < -0.3 is 19.1 Å². The Morgan fingerprint density at radius 2 is 1.91 bits per heavy atom. The number of carbonyl (C=O) groups is 1. The Morgan fingerprint density at radius 3 is 2.61 bits per heavy atom. The summed E-state index contributed by atoms with van der Waals surface area (Å²) in [6.45, 7) is 5.68. The maximum atomic E-state index is 11.6. The maximum Gasteiger partial charge on any atom is 0.344 e. The van der Waals surface area contributed by atoms with Crippen molar-refractivity contribution >= 4 is 23.5 Å². The van der Waals surface area contributed by atoms with Crippen molar-refractivity contribution in [2.75, 3.05) is 38.4 Å². The van der Waals surface area contributed by atoms with Crippen molar-refractivity contribution < 1.29 is 19.0 Å².